The van der Waals surface area contributed by atoms with Crippen LogP contribution in [-0.2, 0) is 6.42 Å². The first-order valence-corrected chi connectivity index (χ1v) is 8.97. The molecule has 0 radical (unpaired) electrons. The molecule has 0 N–H and O–H groups in total. The van der Waals surface area contributed by atoms with Crippen LogP contribution in [-0.4, -0.2) is 11.8 Å². The lowest BCUT2D eigenvalue weighted by Gasteiger charge is -2.35. The quantitative estimate of drug-likeness (QED) is 0.607. The number of rotatable bonds is 6. The summed E-state index contributed by atoms with van der Waals surface area (Å²) < 4.78 is 0. The molecule has 3 rings (SSSR count). The topological polar surface area (TPSA) is 0 Å². The molecule has 20 heavy (non-hydrogen) atoms. The van der Waals surface area contributed by atoms with E-state index in [2.05, 4.69) is 30.3 Å². The van der Waals surface area contributed by atoms with Gasteiger partial charge in [-0.15, -0.1) is 23.2 Å². The average molecular weight is 311 g/mol. The van der Waals surface area contributed by atoms with Gasteiger partial charge in [0.05, 0.1) is 0 Å². The minimum absolute atomic E-state index is 0.0829. The van der Waals surface area contributed by atoms with Crippen LogP contribution >= 0.6 is 23.2 Å². The van der Waals surface area contributed by atoms with Crippen LogP contribution in [0.5, 0.6) is 0 Å². The smallest absolute Gasteiger partial charge is 0.0294 e. The summed E-state index contributed by atoms with van der Waals surface area (Å²) in [5.74, 6) is 4.19. The first-order valence-electron chi connectivity index (χ1n) is 7.90. The highest BCUT2D eigenvalue weighted by atomic mass is 35.5. The Kier molecular flexibility index (Phi) is 4.62. The minimum atomic E-state index is 0.0829. The van der Waals surface area contributed by atoms with Gasteiger partial charge in [-0.05, 0) is 55.4 Å². The lowest BCUT2D eigenvalue weighted by molar-refractivity contribution is 0.212. The lowest BCUT2D eigenvalue weighted by Crippen LogP contribution is -2.32. The first kappa shape index (κ1) is 14.7. The van der Waals surface area contributed by atoms with E-state index in [0.29, 0.717) is 11.8 Å². The Labute approximate surface area is 132 Å². The van der Waals surface area contributed by atoms with Gasteiger partial charge in [0.2, 0.25) is 0 Å². The van der Waals surface area contributed by atoms with Gasteiger partial charge in [-0.1, -0.05) is 36.8 Å². The third-order valence-corrected chi connectivity index (χ3v) is 6.70. The van der Waals surface area contributed by atoms with Gasteiger partial charge < -0.3 is 0 Å². The van der Waals surface area contributed by atoms with E-state index >= 15 is 0 Å². The molecule has 2 fully saturated rings. The average Bonchev–Trinajstić information content (AvgIpc) is 3.10. The maximum Gasteiger partial charge on any atom is 0.0294 e. The monoisotopic (exact) mass is 310 g/mol. The zero-order chi connectivity index (χ0) is 14.0. The SMILES string of the molecule is ClCC(CCl)(Cc1ccccc1)CC1CC2CCC1C2. The molecule has 110 valence electrons. The number of fused-ring (bicyclic) bond motifs is 2. The van der Waals surface area contributed by atoms with Crippen molar-refractivity contribution in [1.29, 1.82) is 0 Å². The summed E-state index contributed by atoms with van der Waals surface area (Å²) in [5.41, 5.74) is 1.46. The van der Waals surface area contributed by atoms with E-state index in [1.807, 2.05) is 0 Å². The van der Waals surface area contributed by atoms with Gasteiger partial charge in [-0.25, -0.2) is 0 Å². The van der Waals surface area contributed by atoms with Crippen molar-refractivity contribution in [3.8, 4) is 0 Å². The van der Waals surface area contributed by atoms with Gasteiger partial charge in [-0.2, -0.15) is 0 Å². The van der Waals surface area contributed by atoms with Gasteiger partial charge in [0.15, 0.2) is 0 Å². The predicted octanol–water partition coefficient (Wildman–Crippen LogP) is 5.52. The highest BCUT2D eigenvalue weighted by molar-refractivity contribution is 6.21. The second kappa shape index (κ2) is 6.28. The van der Waals surface area contributed by atoms with Gasteiger partial charge in [0.1, 0.15) is 0 Å². The summed E-state index contributed by atoms with van der Waals surface area (Å²) in [6.45, 7) is 0. The van der Waals surface area contributed by atoms with Crippen LogP contribution in [0.2, 0.25) is 0 Å². The molecule has 0 aliphatic heterocycles. The molecular weight excluding hydrogens is 287 g/mol. The summed E-state index contributed by atoms with van der Waals surface area (Å²) in [7, 11) is 0. The van der Waals surface area contributed by atoms with Crippen molar-refractivity contribution >= 4 is 23.2 Å². The van der Waals surface area contributed by atoms with Gasteiger partial charge in [0, 0.05) is 17.2 Å². The van der Waals surface area contributed by atoms with Gasteiger partial charge >= 0.3 is 0 Å². The standard InChI is InChI=1S/C18H24Cl2/c19-12-18(13-20,10-14-4-2-1-3-5-14)11-17-9-15-6-7-16(17)8-15/h1-5,15-17H,6-13H2. The highest BCUT2D eigenvalue weighted by Gasteiger charge is 2.43. The van der Waals surface area contributed by atoms with Gasteiger partial charge in [-0.3, -0.25) is 0 Å². The van der Waals surface area contributed by atoms with Crippen LogP contribution in [0.3, 0.4) is 0 Å². The summed E-state index contributed by atoms with van der Waals surface area (Å²) in [6, 6.07) is 10.7. The Morgan fingerprint density at radius 3 is 2.30 bits per heavy atom. The van der Waals surface area contributed by atoms with Crippen LogP contribution in [0, 0.1) is 23.2 Å². The zero-order valence-electron chi connectivity index (χ0n) is 12.0. The molecule has 0 aromatic heterocycles. The molecule has 3 unspecified atom stereocenters. The Morgan fingerprint density at radius 1 is 1.00 bits per heavy atom. The number of alkyl halides is 2. The van der Waals surface area contributed by atoms with Crippen molar-refractivity contribution in [1.82, 2.24) is 0 Å². The normalized spacial score (nSPS) is 29.0. The van der Waals surface area contributed by atoms with E-state index in [9.17, 15) is 0 Å². The van der Waals surface area contributed by atoms with Crippen molar-refractivity contribution in [2.75, 3.05) is 11.8 Å². The second-order valence-corrected chi connectivity index (χ2v) is 7.60. The van der Waals surface area contributed by atoms with Crippen LogP contribution in [0.15, 0.2) is 30.3 Å². The molecular formula is C18H24Cl2. The minimum Gasteiger partial charge on any atom is -0.126 e. The van der Waals surface area contributed by atoms with Crippen LogP contribution < -0.4 is 0 Å². The van der Waals surface area contributed by atoms with Crippen LogP contribution in [0.4, 0.5) is 0 Å². The summed E-state index contributed by atoms with van der Waals surface area (Å²) >= 11 is 12.7. The highest BCUT2D eigenvalue weighted by Crippen LogP contribution is 2.52. The molecule has 0 amide bonds. The summed E-state index contributed by atoms with van der Waals surface area (Å²) in [5, 5.41) is 0. The first-order chi connectivity index (χ1) is 9.74. The lowest BCUT2D eigenvalue weighted by atomic mass is 9.73. The molecule has 2 aliphatic rings. The molecule has 0 spiro atoms. The van der Waals surface area contributed by atoms with Crippen molar-refractivity contribution in [3.63, 3.8) is 0 Å². The van der Waals surface area contributed by atoms with Crippen LogP contribution in [0.25, 0.3) is 0 Å². The van der Waals surface area contributed by atoms with Crippen molar-refractivity contribution < 1.29 is 0 Å². The molecule has 0 saturated heterocycles. The molecule has 0 nitrogen and oxygen atoms in total. The zero-order valence-corrected chi connectivity index (χ0v) is 13.5. The predicted molar refractivity (Wildman–Crippen MR) is 87.6 cm³/mol. The molecule has 2 saturated carbocycles. The summed E-state index contributed by atoms with van der Waals surface area (Å²) in [6.07, 6.45) is 8.05. The largest absolute Gasteiger partial charge is 0.126 e. The third-order valence-electron chi connectivity index (χ3n) is 5.57. The van der Waals surface area contributed by atoms with E-state index in [1.165, 1.54) is 37.7 Å². The fraction of sp³-hybridized carbons (Fsp3) is 0.667. The number of benzene rings is 1. The van der Waals surface area contributed by atoms with E-state index in [4.69, 9.17) is 23.2 Å². The Balaban J connectivity index is 1.70. The maximum absolute atomic E-state index is 6.37. The van der Waals surface area contributed by atoms with Crippen molar-refractivity contribution in [3.05, 3.63) is 35.9 Å². The number of hydrogen-bond acceptors (Lipinski definition) is 0. The fourth-order valence-electron chi connectivity index (χ4n) is 4.52. The van der Waals surface area contributed by atoms with Crippen molar-refractivity contribution in [2.24, 2.45) is 23.2 Å². The van der Waals surface area contributed by atoms with Crippen molar-refractivity contribution in [2.45, 2.75) is 38.5 Å². The van der Waals surface area contributed by atoms with E-state index in [-0.39, 0.29) is 5.41 Å². The van der Waals surface area contributed by atoms with E-state index in [0.717, 1.165) is 24.2 Å². The molecule has 1 aromatic rings. The molecule has 1 aromatic carbocycles. The maximum atomic E-state index is 6.37. The Hall–Kier alpha value is -0.200. The van der Waals surface area contributed by atoms with Crippen LogP contribution in [0.1, 0.15) is 37.7 Å². The number of hydrogen-bond donors (Lipinski definition) is 0. The molecule has 2 aliphatic carbocycles. The Morgan fingerprint density at radius 2 is 1.75 bits per heavy atom. The number of halogens is 2. The second-order valence-electron chi connectivity index (χ2n) is 7.07. The third kappa shape index (κ3) is 3.02. The van der Waals surface area contributed by atoms with Gasteiger partial charge in [0.25, 0.3) is 0 Å². The molecule has 0 heterocycles. The Bertz CT molecular complexity index is 424. The fourth-order valence-corrected chi connectivity index (χ4v) is 5.22. The van der Waals surface area contributed by atoms with E-state index in [1.54, 1.807) is 0 Å². The summed E-state index contributed by atoms with van der Waals surface area (Å²) in [4.78, 5) is 0. The molecule has 2 heteroatoms. The van der Waals surface area contributed by atoms with E-state index < -0.39 is 0 Å². The molecule has 2 bridgehead atoms. The molecule has 3 atom stereocenters.